The van der Waals surface area contributed by atoms with E-state index >= 15 is 0 Å². The third kappa shape index (κ3) is 4.35. The van der Waals surface area contributed by atoms with E-state index in [9.17, 15) is 4.79 Å². The average molecular weight is 392 g/mol. The Bertz CT molecular complexity index is 1080. The van der Waals surface area contributed by atoms with Crippen molar-refractivity contribution in [1.29, 1.82) is 0 Å². The quantitative estimate of drug-likeness (QED) is 0.581. The van der Waals surface area contributed by atoms with Crippen molar-refractivity contribution in [3.63, 3.8) is 0 Å². The summed E-state index contributed by atoms with van der Waals surface area (Å²) >= 11 is 1.51. The van der Waals surface area contributed by atoms with Crippen LogP contribution in [0, 0.1) is 12.3 Å². The molecule has 0 fully saturated rings. The van der Waals surface area contributed by atoms with E-state index in [1.54, 1.807) is 0 Å². The number of rotatable bonds is 6. The first kappa shape index (κ1) is 19.9. The fourth-order valence-electron chi connectivity index (χ4n) is 3.04. The van der Waals surface area contributed by atoms with Gasteiger partial charge in [0, 0.05) is 25.3 Å². The molecule has 144 valence electrons. The molecular weight excluding hydrogens is 366 g/mol. The summed E-state index contributed by atoms with van der Waals surface area (Å²) in [6, 6.07) is 13.9. The number of carbonyl (C=O) groups is 1. The second-order valence-corrected chi connectivity index (χ2v) is 7.95. The van der Waals surface area contributed by atoms with Crippen LogP contribution in [0.1, 0.15) is 35.7 Å². The minimum absolute atomic E-state index is 0.256. The first-order valence-corrected chi connectivity index (χ1v) is 10.3. The molecule has 0 atom stereocenters. The molecule has 0 bridgehead atoms. The number of amides is 1. The Morgan fingerprint density at radius 1 is 1.21 bits per heavy atom. The second kappa shape index (κ2) is 8.90. The number of fused-ring (bicyclic) bond motifs is 1. The minimum Gasteiger partial charge on any atom is -0.378 e. The molecule has 1 heterocycles. The number of terminal acetylenes is 1. The summed E-state index contributed by atoms with van der Waals surface area (Å²) in [6.07, 6.45) is 8.96. The molecule has 1 amide bonds. The van der Waals surface area contributed by atoms with Crippen molar-refractivity contribution in [3.05, 3.63) is 58.4 Å². The highest BCUT2D eigenvalue weighted by Crippen LogP contribution is 2.21. The molecule has 3 aromatic rings. The fourth-order valence-corrected chi connectivity index (χ4v) is 4.13. The molecule has 0 spiro atoms. The Morgan fingerprint density at radius 3 is 2.61 bits per heavy atom. The summed E-state index contributed by atoms with van der Waals surface area (Å²) in [6.45, 7) is 2.58. The number of carbonyl (C=O) groups excluding carboxylic acids is 1. The van der Waals surface area contributed by atoms with Crippen LogP contribution >= 0.6 is 11.3 Å². The van der Waals surface area contributed by atoms with Crippen LogP contribution < -0.4 is 9.70 Å². The van der Waals surface area contributed by atoms with Gasteiger partial charge in [-0.3, -0.25) is 4.79 Å². The van der Waals surface area contributed by atoms with Crippen molar-refractivity contribution in [3.8, 4) is 12.3 Å². The highest BCUT2D eigenvalue weighted by molar-refractivity contribution is 7.16. The van der Waals surface area contributed by atoms with Crippen LogP contribution in [-0.4, -0.2) is 24.6 Å². The van der Waals surface area contributed by atoms with Gasteiger partial charge in [-0.2, -0.15) is 4.99 Å². The Balaban J connectivity index is 2.01. The number of benzene rings is 2. The number of hydrogen-bond donors (Lipinski definition) is 0. The van der Waals surface area contributed by atoms with Crippen molar-refractivity contribution < 1.29 is 4.79 Å². The number of unbranched alkanes of at least 4 members (excludes halogenated alkanes) is 1. The molecule has 1 aromatic heterocycles. The predicted octanol–water partition coefficient (Wildman–Crippen LogP) is 4.49. The molecule has 0 radical (unpaired) electrons. The van der Waals surface area contributed by atoms with Crippen molar-refractivity contribution in [1.82, 2.24) is 4.57 Å². The summed E-state index contributed by atoms with van der Waals surface area (Å²) in [4.78, 5) is 19.7. The number of aryl methyl sites for hydroxylation is 1. The monoisotopic (exact) mass is 391 g/mol. The zero-order chi connectivity index (χ0) is 20.1. The largest absolute Gasteiger partial charge is 0.378 e. The summed E-state index contributed by atoms with van der Waals surface area (Å²) in [5, 5.41) is 0. The molecule has 5 heteroatoms. The maximum Gasteiger partial charge on any atom is 0.279 e. The van der Waals surface area contributed by atoms with Gasteiger partial charge in [-0.05, 0) is 54.8 Å². The van der Waals surface area contributed by atoms with Gasteiger partial charge in [-0.25, -0.2) is 0 Å². The van der Waals surface area contributed by atoms with Crippen LogP contribution in [0.5, 0.6) is 0 Å². The maximum absolute atomic E-state index is 12.7. The molecule has 2 aromatic carbocycles. The molecule has 0 saturated heterocycles. The first-order valence-electron chi connectivity index (χ1n) is 9.45. The lowest BCUT2D eigenvalue weighted by Crippen LogP contribution is -2.16. The second-order valence-electron chi connectivity index (χ2n) is 6.94. The van der Waals surface area contributed by atoms with E-state index in [1.165, 1.54) is 29.7 Å². The normalized spacial score (nSPS) is 11.6. The SMILES string of the molecule is C#CCn1c(=NC(=O)c2ccc(N(C)C)cc2)sc2cc(CCCC)ccc21. The number of hydrogen-bond acceptors (Lipinski definition) is 3. The fraction of sp³-hybridized carbons (Fsp3) is 0.304. The van der Waals surface area contributed by atoms with E-state index in [-0.39, 0.29) is 5.91 Å². The van der Waals surface area contributed by atoms with Gasteiger partial charge in [0.15, 0.2) is 4.80 Å². The van der Waals surface area contributed by atoms with Crippen molar-refractivity contribution in [2.24, 2.45) is 4.99 Å². The highest BCUT2D eigenvalue weighted by atomic mass is 32.1. The van der Waals surface area contributed by atoms with E-state index in [1.807, 2.05) is 47.8 Å². The van der Waals surface area contributed by atoms with Crippen molar-refractivity contribution >= 4 is 33.1 Å². The first-order chi connectivity index (χ1) is 13.5. The van der Waals surface area contributed by atoms with E-state index in [2.05, 4.69) is 36.0 Å². The van der Waals surface area contributed by atoms with Crippen molar-refractivity contribution in [2.45, 2.75) is 32.7 Å². The molecule has 3 rings (SSSR count). The summed E-state index contributed by atoms with van der Waals surface area (Å²) in [5.41, 5.74) is 3.94. The minimum atomic E-state index is -0.256. The molecular formula is C23H25N3OS. The third-order valence-electron chi connectivity index (χ3n) is 4.64. The molecule has 0 aliphatic carbocycles. The Morgan fingerprint density at radius 2 is 1.96 bits per heavy atom. The molecule has 0 aliphatic heterocycles. The number of anilines is 1. The Hall–Kier alpha value is -2.84. The maximum atomic E-state index is 12.7. The molecule has 0 saturated carbocycles. The lowest BCUT2D eigenvalue weighted by atomic mass is 10.1. The summed E-state index contributed by atoms with van der Waals surface area (Å²) in [7, 11) is 3.94. The lowest BCUT2D eigenvalue weighted by molar-refractivity contribution is 0.0998. The van der Waals surface area contributed by atoms with E-state index < -0.39 is 0 Å². The molecule has 4 nitrogen and oxygen atoms in total. The molecule has 0 aliphatic rings. The zero-order valence-corrected chi connectivity index (χ0v) is 17.4. The molecule has 28 heavy (non-hydrogen) atoms. The molecule has 0 N–H and O–H groups in total. The van der Waals surface area contributed by atoms with Crippen LogP contribution in [-0.2, 0) is 13.0 Å². The standard InChI is InChI=1S/C23H25N3OS/c1-5-7-8-17-9-14-20-21(16-17)28-23(26(20)15-6-2)24-22(27)18-10-12-19(13-11-18)25(3)4/h2,9-14,16H,5,7-8,15H2,1,3-4H3. The predicted molar refractivity (Wildman–Crippen MR) is 118 cm³/mol. The van der Waals surface area contributed by atoms with Gasteiger partial charge in [0.25, 0.3) is 5.91 Å². The number of nitrogens with zero attached hydrogens (tertiary/aromatic N) is 3. The van der Waals surface area contributed by atoms with E-state index in [0.29, 0.717) is 16.9 Å². The van der Waals surface area contributed by atoms with E-state index in [0.717, 1.165) is 22.3 Å². The van der Waals surface area contributed by atoms with Gasteiger partial charge in [0.05, 0.1) is 16.8 Å². The average Bonchev–Trinajstić information content (AvgIpc) is 3.03. The smallest absolute Gasteiger partial charge is 0.279 e. The Kier molecular flexibility index (Phi) is 6.33. The zero-order valence-electron chi connectivity index (χ0n) is 16.6. The number of thiazole rings is 1. The van der Waals surface area contributed by atoms with Crippen LogP contribution in [0.2, 0.25) is 0 Å². The third-order valence-corrected chi connectivity index (χ3v) is 5.68. The summed E-state index contributed by atoms with van der Waals surface area (Å²) in [5.74, 6) is 2.42. The van der Waals surface area contributed by atoms with Crippen LogP contribution in [0.25, 0.3) is 10.2 Å². The van der Waals surface area contributed by atoms with Gasteiger partial charge in [0.1, 0.15) is 0 Å². The van der Waals surface area contributed by atoms with Gasteiger partial charge in [-0.15, -0.1) is 6.42 Å². The summed E-state index contributed by atoms with van der Waals surface area (Å²) < 4.78 is 3.05. The topological polar surface area (TPSA) is 37.6 Å². The van der Waals surface area contributed by atoms with Crippen LogP contribution in [0.3, 0.4) is 0 Å². The van der Waals surface area contributed by atoms with Gasteiger partial charge < -0.3 is 9.47 Å². The van der Waals surface area contributed by atoms with Gasteiger partial charge >= 0.3 is 0 Å². The van der Waals surface area contributed by atoms with Gasteiger partial charge in [-0.1, -0.05) is 36.7 Å². The van der Waals surface area contributed by atoms with E-state index in [4.69, 9.17) is 6.42 Å². The van der Waals surface area contributed by atoms with Crippen LogP contribution in [0.4, 0.5) is 5.69 Å². The van der Waals surface area contributed by atoms with Gasteiger partial charge in [0.2, 0.25) is 0 Å². The lowest BCUT2D eigenvalue weighted by Gasteiger charge is -2.11. The molecule has 0 unspecified atom stereocenters. The Labute approximate surface area is 170 Å². The van der Waals surface area contributed by atoms with Crippen LogP contribution in [0.15, 0.2) is 47.5 Å². The highest BCUT2D eigenvalue weighted by Gasteiger charge is 2.10. The van der Waals surface area contributed by atoms with Crippen molar-refractivity contribution in [2.75, 3.05) is 19.0 Å². The number of aromatic nitrogens is 1.